The summed E-state index contributed by atoms with van der Waals surface area (Å²) < 4.78 is 7.73. The van der Waals surface area contributed by atoms with E-state index in [1.165, 1.54) is 35.9 Å². The summed E-state index contributed by atoms with van der Waals surface area (Å²) in [6.07, 6.45) is 7.12. The standard InChI is InChI=1S/C28H37N5O4/c1-18-24-27(30-16-29-18)33(17-31-24)28-26(36)25(35)23(37-28)15-32(2)13-6-5-11-21(34)14-20-10-7-9-19-8-3-4-12-22(19)20/h7,9-10,16-17,23,25-26,28,35-36H,3-6,8,11-15H2,1-2H3/t23-,25-,26-,28-/m1/s1. The zero-order valence-electron chi connectivity index (χ0n) is 21.7. The largest absolute Gasteiger partial charge is 0.387 e. The fraction of sp³-hybridized carbons (Fsp3) is 0.571. The van der Waals surface area contributed by atoms with E-state index >= 15 is 0 Å². The third-order valence-corrected chi connectivity index (χ3v) is 7.77. The Morgan fingerprint density at radius 3 is 2.84 bits per heavy atom. The molecule has 1 aromatic carbocycles. The number of nitrogens with zero attached hydrogens (tertiary/aromatic N) is 5. The molecule has 0 radical (unpaired) electrons. The number of aliphatic hydroxyl groups is 2. The summed E-state index contributed by atoms with van der Waals surface area (Å²) in [6, 6.07) is 6.41. The second kappa shape index (κ2) is 11.3. The van der Waals surface area contributed by atoms with Crippen molar-refractivity contribution < 1.29 is 19.7 Å². The van der Waals surface area contributed by atoms with E-state index in [1.807, 2.05) is 14.0 Å². The minimum atomic E-state index is -1.09. The van der Waals surface area contributed by atoms with Gasteiger partial charge in [-0.25, -0.2) is 15.0 Å². The quantitative estimate of drug-likeness (QED) is 0.403. The monoisotopic (exact) mass is 507 g/mol. The third kappa shape index (κ3) is 5.60. The number of unbranched alkanes of at least 4 members (excludes halogenated alkanes) is 1. The van der Waals surface area contributed by atoms with Crippen LogP contribution in [0.4, 0.5) is 0 Å². The van der Waals surface area contributed by atoms with E-state index in [4.69, 9.17) is 4.74 Å². The number of ketones is 1. The number of rotatable bonds is 10. The molecule has 1 fully saturated rings. The highest BCUT2D eigenvalue weighted by atomic mass is 16.6. The number of carbonyl (C=O) groups excluding carboxylic acids is 1. The molecule has 3 aromatic rings. The van der Waals surface area contributed by atoms with Crippen LogP contribution in [0.1, 0.15) is 60.7 Å². The third-order valence-electron chi connectivity index (χ3n) is 7.77. The highest BCUT2D eigenvalue weighted by Crippen LogP contribution is 2.32. The number of aryl methyl sites for hydroxylation is 2. The summed E-state index contributed by atoms with van der Waals surface area (Å²) >= 11 is 0. The average Bonchev–Trinajstić information content (AvgIpc) is 3.44. The van der Waals surface area contributed by atoms with Crippen molar-refractivity contribution >= 4 is 16.9 Å². The SMILES string of the molecule is Cc1ncnc2c1ncn2[C@@H]1O[C@H](CN(C)CCCCC(=O)Cc2cccc3c2CCCC3)[C@@H](O)[C@H]1O. The first-order valence-electron chi connectivity index (χ1n) is 13.4. The van der Waals surface area contributed by atoms with Crippen molar-refractivity contribution in [2.75, 3.05) is 20.1 Å². The smallest absolute Gasteiger partial charge is 0.165 e. The van der Waals surface area contributed by atoms with Gasteiger partial charge in [-0.2, -0.15) is 0 Å². The summed E-state index contributed by atoms with van der Waals surface area (Å²) in [7, 11) is 1.97. The highest BCUT2D eigenvalue weighted by molar-refractivity contribution is 5.81. The molecule has 5 rings (SSSR count). The van der Waals surface area contributed by atoms with E-state index in [0.717, 1.165) is 37.9 Å². The maximum Gasteiger partial charge on any atom is 0.165 e. The van der Waals surface area contributed by atoms with Gasteiger partial charge in [-0.3, -0.25) is 9.36 Å². The van der Waals surface area contributed by atoms with Gasteiger partial charge in [-0.05, 0) is 75.7 Å². The molecular formula is C28H37N5O4. The number of fused-ring (bicyclic) bond motifs is 2. The molecule has 0 amide bonds. The minimum Gasteiger partial charge on any atom is -0.387 e. The molecule has 3 heterocycles. The number of likely N-dealkylation sites (N-methyl/N-ethyl adjacent to an activating group) is 1. The Hall–Kier alpha value is -2.72. The van der Waals surface area contributed by atoms with Crippen molar-refractivity contribution in [3.63, 3.8) is 0 Å². The summed E-state index contributed by atoms with van der Waals surface area (Å²) in [6.45, 7) is 3.10. The van der Waals surface area contributed by atoms with Crippen LogP contribution in [0.5, 0.6) is 0 Å². The Labute approximate surface area is 217 Å². The van der Waals surface area contributed by atoms with Gasteiger partial charge >= 0.3 is 0 Å². The normalized spacial score (nSPS) is 23.6. The molecule has 4 atom stereocenters. The molecule has 0 spiro atoms. The van der Waals surface area contributed by atoms with E-state index < -0.39 is 24.5 Å². The molecular weight excluding hydrogens is 470 g/mol. The Morgan fingerprint density at radius 2 is 1.97 bits per heavy atom. The van der Waals surface area contributed by atoms with Gasteiger partial charge in [-0.15, -0.1) is 0 Å². The summed E-state index contributed by atoms with van der Waals surface area (Å²) in [5.74, 6) is 0.300. The maximum atomic E-state index is 12.7. The van der Waals surface area contributed by atoms with Crippen LogP contribution in [0, 0.1) is 6.92 Å². The molecule has 1 saturated heterocycles. The van der Waals surface area contributed by atoms with Crippen LogP contribution in [0.15, 0.2) is 30.9 Å². The van der Waals surface area contributed by atoms with Crippen molar-refractivity contribution in [2.45, 2.75) is 82.8 Å². The van der Waals surface area contributed by atoms with Crippen LogP contribution in [0.25, 0.3) is 11.2 Å². The van der Waals surface area contributed by atoms with Gasteiger partial charge in [0.15, 0.2) is 11.9 Å². The first-order chi connectivity index (χ1) is 17.9. The van der Waals surface area contributed by atoms with Crippen LogP contribution in [0.3, 0.4) is 0 Å². The fourth-order valence-electron chi connectivity index (χ4n) is 5.69. The molecule has 198 valence electrons. The Bertz CT molecular complexity index is 1240. The number of Topliss-reactive ketones (excluding diaryl/α,β-unsaturated/α-hetero) is 1. The number of imidazole rings is 1. The average molecular weight is 508 g/mol. The van der Waals surface area contributed by atoms with E-state index in [1.54, 1.807) is 10.9 Å². The van der Waals surface area contributed by atoms with Gasteiger partial charge in [-0.1, -0.05) is 18.2 Å². The van der Waals surface area contributed by atoms with Gasteiger partial charge in [0.05, 0.1) is 12.0 Å². The Balaban J connectivity index is 1.08. The summed E-state index contributed by atoms with van der Waals surface area (Å²) in [5.41, 5.74) is 6.01. The number of aromatic nitrogens is 4. The minimum absolute atomic E-state index is 0.300. The fourth-order valence-corrected chi connectivity index (χ4v) is 5.69. The number of carbonyl (C=O) groups is 1. The van der Waals surface area contributed by atoms with Crippen molar-refractivity contribution in [2.24, 2.45) is 0 Å². The summed E-state index contributed by atoms with van der Waals surface area (Å²) in [5, 5.41) is 21.3. The molecule has 0 bridgehead atoms. The van der Waals surface area contributed by atoms with E-state index in [0.29, 0.717) is 36.3 Å². The number of ether oxygens (including phenoxy) is 1. The summed E-state index contributed by atoms with van der Waals surface area (Å²) in [4.78, 5) is 27.5. The van der Waals surface area contributed by atoms with E-state index in [-0.39, 0.29) is 0 Å². The molecule has 2 aromatic heterocycles. The number of benzene rings is 1. The second-order valence-electron chi connectivity index (χ2n) is 10.5. The van der Waals surface area contributed by atoms with Crippen LogP contribution >= 0.6 is 0 Å². The predicted molar refractivity (Wildman–Crippen MR) is 139 cm³/mol. The zero-order chi connectivity index (χ0) is 25.9. The first-order valence-corrected chi connectivity index (χ1v) is 13.4. The molecule has 1 aliphatic carbocycles. The van der Waals surface area contributed by atoms with Gasteiger partial charge in [0.25, 0.3) is 0 Å². The Morgan fingerprint density at radius 1 is 1.14 bits per heavy atom. The lowest BCUT2D eigenvalue weighted by Gasteiger charge is -2.22. The molecule has 0 unspecified atom stereocenters. The second-order valence-corrected chi connectivity index (χ2v) is 10.5. The van der Waals surface area contributed by atoms with Crippen molar-refractivity contribution in [3.05, 3.63) is 53.2 Å². The molecule has 2 aliphatic rings. The number of hydrogen-bond donors (Lipinski definition) is 2. The van der Waals surface area contributed by atoms with Gasteiger partial charge < -0.3 is 19.8 Å². The first kappa shape index (κ1) is 25.9. The predicted octanol–water partition coefficient (Wildman–Crippen LogP) is 2.55. The lowest BCUT2D eigenvalue weighted by Crippen LogP contribution is -2.38. The van der Waals surface area contributed by atoms with Crippen LogP contribution in [-0.4, -0.2) is 78.9 Å². The lowest BCUT2D eigenvalue weighted by atomic mass is 9.86. The topological polar surface area (TPSA) is 114 Å². The van der Waals surface area contributed by atoms with Gasteiger partial charge in [0.1, 0.15) is 35.9 Å². The molecule has 2 N–H and O–H groups in total. The van der Waals surface area contributed by atoms with Gasteiger partial charge in [0.2, 0.25) is 0 Å². The zero-order valence-corrected chi connectivity index (χ0v) is 21.7. The van der Waals surface area contributed by atoms with Gasteiger partial charge in [0, 0.05) is 19.4 Å². The van der Waals surface area contributed by atoms with Crippen LogP contribution in [-0.2, 0) is 28.8 Å². The molecule has 0 saturated carbocycles. The van der Waals surface area contributed by atoms with Crippen molar-refractivity contribution in [1.29, 1.82) is 0 Å². The van der Waals surface area contributed by atoms with Crippen LogP contribution in [0.2, 0.25) is 0 Å². The highest BCUT2D eigenvalue weighted by Gasteiger charge is 2.44. The van der Waals surface area contributed by atoms with Crippen molar-refractivity contribution in [1.82, 2.24) is 24.4 Å². The van der Waals surface area contributed by atoms with E-state index in [2.05, 4.69) is 38.1 Å². The molecule has 9 heteroatoms. The lowest BCUT2D eigenvalue weighted by molar-refractivity contribution is -0.118. The van der Waals surface area contributed by atoms with Crippen LogP contribution < -0.4 is 0 Å². The Kier molecular flexibility index (Phi) is 7.95. The number of aliphatic hydroxyl groups excluding tert-OH is 2. The maximum absolute atomic E-state index is 12.7. The van der Waals surface area contributed by atoms with E-state index in [9.17, 15) is 15.0 Å². The molecule has 1 aliphatic heterocycles. The molecule has 9 nitrogen and oxygen atoms in total. The molecule has 37 heavy (non-hydrogen) atoms. The van der Waals surface area contributed by atoms with Crippen molar-refractivity contribution in [3.8, 4) is 0 Å². The number of hydrogen-bond acceptors (Lipinski definition) is 8.